The van der Waals surface area contributed by atoms with E-state index in [4.69, 9.17) is 0 Å². The molecule has 2 N–H and O–H groups in total. The lowest BCUT2D eigenvalue weighted by atomic mass is 10.0. The molecule has 1 heterocycles. The molecule has 0 saturated heterocycles. The summed E-state index contributed by atoms with van der Waals surface area (Å²) in [6.45, 7) is 4.16. The van der Waals surface area contributed by atoms with Crippen LogP contribution in [-0.4, -0.2) is 30.6 Å². The molecule has 1 amide bonds. The van der Waals surface area contributed by atoms with Crippen LogP contribution in [0.5, 0.6) is 0 Å². The minimum absolute atomic E-state index is 0.0138. The molecule has 1 aromatic heterocycles. The van der Waals surface area contributed by atoms with Crippen molar-refractivity contribution in [3.63, 3.8) is 0 Å². The zero-order valence-corrected chi connectivity index (χ0v) is 14.6. The fourth-order valence-electron chi connectivity index (χ4n) is 2.31. The van der Waals surface area contributed by atoms with Gasteiger partial charge in [-0.15, -0.1) is 11.3 Å². The molecule has 0 saturated carbocycles. The maximum Gasteiger partial charge on any atom is 0.228 e. The Balaban J connectivity index is 1.85. The van der Waals surface area contributed by atoms with Crippen LogP contribution in [0.15, 0.2) is 47.8 Å². The summed E-state index contributed by atoms with van der Waals surface area (Å²) in [5.41, 5.74) is -0.0353. The third-order valence-electron chi connectivity index (χ3n) is 3.85. The summed E-state index contributed by atoms with van der Waals surface area (Å²) in [5, 5.41) is 15.7. The molecule has 0 radical (unpaired) electrons. The van der Waals surface area contributed by atoms with Crippen molar-refractivity contribution in [1.82, 2.24) is 5.32 Å². The summed E-state index contributed by atoms with van der Waals surface area (Å²) < 4.78 is 0. The number of hydrogen-bond donors (Lipinski definition) is 2. The number of nitrogens with zero attached hydrogens (tertiary/aromatic N) is 1. The van der Waals surface area contributed by atoms with Gasteiger partial charge in [-0.2, -0.15) is 0 Å². The van der Waals surface area contributed by atoms with Crippen LogP contribution in [0, 0.1) is 0 Å². The molecule has 0 spiro atoms. The third kappa shape index (κ3) is 4.89. The first kappa shape index (κ1) is 17.7. The number of anilines is 1. The summed E-state index contributed by atoms with van der Waals surface area (Å²) in [4.78, 5) is 14.9. The minimum Gasteiger partial charge on any atom is -0.383 e. The number of aliphatic hydroxyl groups is 1. The first-order chi connectivity index (χ1) is 10.9. The fourth-order valence-corrected chi connectivity index (χ4v) is 3.10. The maximum absolute atomic E-state index is 12.3. The standard InChI is InChI=1S/C18H24N2O2S/c1-14(19-13-18(2,22)16-10-7-11-23-16)12-17(21)20(3)15-8-5-4-6-9-15/h4-11,14,19,22H,12-13H2,1-3H3. The van der Waals surface area contributed by atoms with Gasteiger partial charge in [0.1, 0.15) is 5.60 Å². The molecule has 2 rings (SSSR count). The van der Waals surface area contributed by atoms with Crippen LogP contribution in [0.3, 0.4) is 0 Å². The number of amides is 1. The number of para-hydroxylation sites is 1. The molecule has 5 heteroatoms. The number of carbonyl (C=O) groups is 1. The van der Waals surface area contributed by atoms with Crippen LogP contribution in [-0.2, 0) is 10.4 Å². The quantitative estimate of drug-likeness (QED) is 0.819. The van der Waals surface area contributed by atoms with Crippen molar-refractivity contribution in [3.05, 3.63) is 52.7 Å². The molecule has 23 heavy (non-hydrogen) atoms. The molecular formula is C18H24N2O2S. The van der Waals surface area contributed by atoms with Crippen LogP contribution in [0.1, 0.15) is 25.1 Å². The van der Waals surface area contributed by atoms with Crippen LogP contribution < -0.4 is 10.2 Å². The maximum atomic E-state index is 12.3. The molecule has 124 valence electrons. The van der Waals surface area contributed by atoms with E-state index in [9.17, 15) is 9.90 Å². The Morgan fingerprint density at radius 1 is 1.30 bits per heavy atom. The summed E-state index contributed by atoms with van der Waals surface area (Å²) in [6.07, 6.45) is 0.381. The predicted molar refractivity (Wildman–Crippen MR) is 95.8 cm³/mol. The van der Waals surface area contributed by atoms with Gasteiger partial charge >= 0.3 is 0 Å². The van der Waals surface area contributed by atoms with Crippen molar-refractivity contribution in [2.45, 2.75) is 31.9 Å². The molecule has 0 bridgehead atoms. The lowest BCUT2D eigenvalue weighted by Crippen LogP contribution is -2.41. The Kier molecular flexibility index (Phi) is 5.93. The Labute approximate surface area is 141 Å². The summed E-state index contributed by atoms with van der Waals surface area (Å²) >= 11 is 1.53. The molecule has 0 aliphatic carbocycles. The zero-order valence-electron chi connectivity index (χ0n) is 13.8. The van der Waals surface area contributed by atoms with E-state index in [-0.39, 0.29) is 11.9 Å². The monoisotopic (exact) mass is 332 g/mol. The molecule has 2 atom stereocenters. The second kappa shape index (κ2) is 7.73. The average Bonchev–Trinajstić information content (AvgIpc) is 3.08. The van der Waals surface area contributed by atoms with E-state index in [0.29, 0.717) is 13.0 Å². The second-order valence-corrected chi connectivity index (χ2v) is 6.97. The summed E-state index contributed by atoms with van der Waals surface area (Å²) in [6, 6.07) is 13.4. The van der Waals surface area contributed by atoms with Gasteiger partial charge in [0, 0.05) is 36.6 Å². The van der Waals surface area contributed by atoms with Crippen LogP contribution >= 0.6 is 11.3 Å². The van der Waals surface area contributed by atoms with Gasteiger partial charge in [-0.05, 0) is 37.4 Å². The van der Waals surface area contributed by atoms with Gasteiger partial charge < -0.3 is 15.3 Å². The highest BCUT2D eigenvalue weighted by Gasteiger charge is 2.25. The lowest BCUT2D eigenvalue weighted by Gasteiger charge is -2.26. The van der Waals surface area contributed by atoms with Crippen LogP contribution in [0.2, 0.25) is 0 Å². The predicted octanol–water partition coefficient (Wildman–Crippen LogP) is 2.99. The number of carbonyl (C=O) groups excluding carboxylic acids is 1. The van der Waals surface area contributed by atoms with Gasteiger partial charge in [-0.3, -0.25) is 4.79 Å². The Hall–Kier alpha value is -1.69. The van der Waals surface area contributed by atoms with E-state index in [1.54, 1.807) is 18.9 Å². The van der Waals surface area contributed by atoms with E-state index in [1.807, 2.05) is 54.8 Å². The van der Waals surface area contributed by atoms with E-state index in [0.717, 1.165) is 10.6 Å². The summed E-state index contributed by atoms with van der Waals surface area (Å²) in [5.74, 6) is 0.0481. The lowest BCUT2D eigenvalue weighted by molar-refractivity contribution is -0.118. The molecule has 1 aromatic carbocycles. The number of thiophene rings is 1. The van der Waals surface area contributed by atoms with Gasteiger partial charge in [0.05, 0.1) is 0 Å². The van der Waals surface area contributed by atoms with Gasteiger partial charge in [0.15, 0.2) is 0 Å². The van der Waals surface area contributed by atoms with Gasteiger partial charge in [-0.1, -0.05) is 24.3 Å². The van der Waals surface area contributed by atoms with Crippen molar-refractivity contribution in [3.8, 4) is 0 Å². The first-order valence-corrected chi connectivity index (χ1v) is 8.59. The normalized spacial score (nSPS) is 15.0. The highest BCUT2D eigenvalue weighted by atomic mass is 32.1. The fraction of sp³-hybridized carbons (Fsp3) is 0.389. The van der Waals surface area contributed by atoms with Crippen molar-refractivity contribution in [2.24, 2.45) is 0 Å². The second-order valence-electron chi connectivity index (χ2n) is 6.03. The smallest absolute Gasteiger partial charge is 0.228 e. The van der Waals surface area contributed by atoms with Crippen molar-refractivity contribution < 1.29 is 9.90 Å². The molecule has 0 aliphatic heterocycles. The molecule has 0 fully saturated rings. The zero-order chi connectivity index (χ0) is 16.9. The Morgan fingerprint density at radius 2 is 2.00 bits per heavy atom. The molecular weight excluding hydrogens is 308 g/mol. The van der Waals surface area contributed by atoms with E-state index in [2.05, 4.69) is 5.32 Å². The largest absolute Gasteiger partial charge is 0.383 e. The summed E-state index contributed by atoms with van der Waals surface area (Å²) in [7, 11) is 1.78. The third-order valence-corrected chi connectivity index (χ3v) is 4.97. The topological polar surface area (TPSA) is 52.6 Å². The number of benzene rings is 1. The Bertz CT molecular complexity index is 611. The van der Waals surface area contributed by atoms with E-state index >= 15 is 0 Å². The van der Waals surface area contributed by atoms with Gasteiger partial charge in [-0.25, -0.2) is 0 Å². The molecule has 2 unspecified atom stereocenters. The molecule has 0 aliphatic rings. The number of nitrogens with one attached hydrogen (secondary N) is 1. The van der Waals surface area contributed by atoms with Crippen LogP contribution in [0.4, 0.5) is 5.69 Å². The van der Waals surface area contributed by atoms with E-state index in [1.165, 1.54) is 11.3 Å². The minimum atomic E-state index is -0.920. The molecule has 2 aromatic rings. The van der Waals surface area contributed by atoms with Crippen LogP contribution in [0.25, 0.3) is 0 Å². The number of hydrogen-bond acceptors (Lipinski definition) is 4. The molecule has 4 nitrogen and oxygen atoms in total. The highest BCUT2D eigenvalue weighted by molar-refractivity contribution is 7.10. The number of rotatable bonds is 7. The average molecular weight is 332 g/mol. The van der Waals surface area contributed by atoms with Crippen molar-refractivity contribution >= 4 is 22.9 Å². The first-order valence-electron chi connectivity index (χ1n) is 7.71. The van der Waals surface area contributed by atoms with E-state index < -0.39 is 5.60 Å². The Morgan fingerprint density at radius 3 is 2.61 bits per heavy atom. The highest BCUT2D eigenvalue weighted by Crippen LogP contribution is 2.24. The van der Waals surface area contributed by atoms with Gasteiger partial charge in [0.2, 0.25) is 5.91 Å². The van der Waals surface area contributed by atoms with Crippen molar-refractivity contribution in [1.29, 1.82) is 0 Å². The SMILES string of the molecule is CC(CC(=O)N(C)c1ccccc1)NCC(C)(O)c1cccs1. The van der Waals surface area contributed by atoms with Gasteiger partial charge in [0.25, 0.3) is 0 Å². The van der Waals surface area contributed by atoms with Crippen molar-refractivity contribution in [2.75, 3.05) is 18.5 Å².